The molecule has 0 spiro atoms. The van der Waals surface area contributed by atoms with Gasteiger partial charge in [-0.2, -0.15) is 0 Å². The average Bonchev–Trinajstić information content (AvgIpc) is 2.23. The number of hydrogen-bond acceptors (Lipinski definition) is 3. The first-order valence-electron chi connectivity index (χ1n) is 5.31. The van der Waals surface area contributed by atoms with Gasteiger partial charge in [-0.15, -0.1) is 0 Å². The molecule has 3 heteroatoms. The van der Waals surface area contributed by atoms with Crippen LogP contribution in [0.3, 0.4) is 0 Å². The molecule has 0 unspecified atom stereocenters. The molecule has 0 radical (unpaired) electrons. The molecule has 0 bridgehead atoms. The predicted octanol–water partition coefficient (Wildman–Crippen LogP) is 1.31. The van der Waals surface area contributed by atoms with Gasteiger partial charge >= 0.3 is 0 Å². The predicted molar refractivity (Wildman–Crippen MR) is 58.7 cm³/mol. The standard InChI is InChI=1S/C12H17NO2/c1-13-7-5-12(15,6-8-13)10-3-2-4-11(14)9-10/h2-4,9,14-15H,5-8H2,1H3. The number of aliphatic hydroxyl groups is 1. The molecule has 1 aliphatic rings. The molecular weight excluding hydrogens is 190 g/mol. The van der Waals surface area contributed by atoms with Crippen LogP contribution in [-0.4, -0.2) is 35.3 Å². The maximum absolute atomic E-state index is 10.4. The Bertz CT molecular complexity index is 343. The Kier molecular flexibility index (Phi) is 2.67. The largest absolute Gasteiger partial charge is 0.508 e. The van der Waals surface area contributed by atoms with E-state index in [9.17, 15) is 10.2 Å². The Morgan fingerprint density at radius 2 is 1.93 bits per heavy atom. The summed E-state index contributed by atoms with van der Waals surface area (Å²) in [6.07, 6.45) is 1.46. The molecule has 15 heavy (non-hydrogen) atoms. The summed E-state index contributed by atoms with van der Waals surface area (Å²) in [7, 11) is 2.06. The van der Waals surface area contributed by atoms with Crippen LogP contribution >= 0.6 is 0 Å². The maximum atomic E-state index is 10.4. The molecule has 2 N–H and O–H groups in total. The third kappa shape index (κ3) is 2.13. The van der Waals surface area contributed by atoms with Gasteiger partial charge in [0.2, 0.25) is 0 Å². The second kappa shape index (κ2) is 3.83. The van der Waals surface area contributed by atoms with Crippen molar-refractivity contribution in [2.24, 2.45) is 0 Å². The summed E-state index contributed by atoms with van der Waals surface area (Å²) >= 11 is 0. The van der Waals surface area contributed by atoms with Gasteiger partial charge in [0, 0.05) is 13.1 Å². The van der Waals surface area contributed by atoms with Crippen LogP contribution in [0.4, 0.5) is 0 Å². The zero-order valence-electron chi connectivity index (χ0n) is 8.98. The molecule has 1 aliphatic heterocycles. The van der Waals surface area contributed by atoms with Crippen LogP contribution in [0.1, 0.15) is 18.4 Å². The minimum Gasteiger partial charge on any atom is -0.508 e. The molecule has 1 fully saturated rings. The van der Waals surface area contributed by atoms with Gasteiger partial charge in [-0.3, -0.25) is 0 Å². The van der Waals surface area contributed by atoms with E-state index in [0.29, 0.717) is 0 Å². The smallest absolute Gasteiger partial charge is 0.115 e. The van der Waals surface area contributed by atoms with Gasteiger partial charge < -0.3 is 15.1 Å². The Morgan fingerprint density at radius 3 is 2.53 bits per heavy atom. The minimum absolute atomic E-state index is 0.222. The quantitative estimate of drug-likeness (QED) is 0.729. The molecule has 1 saturated heterocycles. The van der Waals surface area contributed by atoms with Gasteiger partial charge in [0.25, 0.3) is 0 Å². The van der Waals surface area contributed by atoms with Crippen molar-refractivity contribution < 1.29 is 10.2 Å². The zero-order valence-corrected chi connectivity index (χ0v) is 8.98. The van der Waals surface area contributed by atoms with E-state index in [-0.39, 0.29) is 5.75 Å². The van der Waals surface area contributed by atoms with Crippen molar-refractivity contribution in [3.05, 3.63) is 29.8 Å². The Hall–Kier alpha value is -1.06. The topological polar surface area (TPSA) is 43.7 Å². The molecule has 1 aromatic rings. The lowest BCUT2D eigenvalue weighted by molar-refractivity contribution is -0.0204. The van der Waals surface area contributed by atoms with Crippen LogP contribution in [0.5, 0.6) is 5.75 Å². The molecule has 0 aliphatic carbocycles. The number of hydrogen-bond donors (Lipinski definition) is 2. The van der Waals surface area contributed by atoms with E-state index in [1.54, 1.807) is 18.2 Å². The minimum atomic E-state index is -0.759. The van der Waals surface area contributed by atoms with Gasteiger partial charge in [-0.25, -0.2) is 0 Å². The summed E-state index contributed by atoms with van der Waals surface area (Å²) in [4.78, 5) is 2.21. The van der Waals surface area contributed by atoms with Gasteiger partial charge in [-0.1, -0.05) is 12.1 Å². The SMILES string of the molecule is CN1CCC(O)(c2cccc(O)c2)CC1. The number of likely N-dealkylation sites (tertiary alicyclic amines) is 1. The van der Waals surface area contributed by atoms with Crippen LogP contribution in [-0.2, 0) is 5.60 Å². The third-order valence-corrected chi connectivity index (χ3v) is 3.20. The summed E-state index contributed by atoms with van der Waals surface area (Å²) in [5, 5.41) is 19.8. The van der Waals surface area contributed by atoms with Crippen LogP contribution in [0.2, 0.25) is 0 Å². The van der Waals surface area contributed by atoms with Crippen molar-refractivity contribution >= 4 is 0 Å². The van der Waals surface area contributed by atoms with E-state index in [4.69, 9.17) is 0 Å². The number of phenols is 1. The van der Waals surface area contributed by atoms with Crippen molar-refractivity contribution in [3.8, 4) is 5.75 Å². The van der Waals surface area contributed by atoms with Crippen molar-refractivity contribution in [1.29, 1.82) is 0 Å². The highest BCUT2D eigenvalue weighted by Crippen LogP contribution is 2.33. The molecule has 0 atom stereocenters. The fourth-order valence-corrected chi connectivity index (χ4v) is 2.07. The van der Waals surface area contributed by atoms with E-state index in [1.165, 1.54) is 0 Å². The lowest BCUT2D eigenvalue weighted by Crippen LogP contribution is -2.40. The first-order valence-corrected chi connectivity index (χ1v) is 5.31. The van der Waals surface area contributed by atoms with E-state index in [2.05, 4.69) is 11.9 Å². The van der Waals surface area contributed by atoms with Crippen LogP contribution in [0.25, 0.3) is 0 Å². The molecule has 1 aromatic carbocycles. The summed E-state index contributed by atoms with van der Waals surface area (Å²) in [5.41, 5.74) is 0.0706. The maximum Gasteiger partial charge on any atom is 0.115 e. The second-order valence-electron chi connectivity index (χ2n) is 4.39. The highest BCUT2D eigenvalue weighted by atomic mass is 16.3. The van der Waals surface area contributed by atoms with Crippen LogP contribution < -0.4 is 0 Å². The second-order valence-corrected chi connectivity index (χ2v) is 4.39. The van der Waals surface area contributed by atoms with Crippen molar-refractivity contribution in [2.75, 3.05) is 20.1 Å². The summed E-state index contributed by atoms with van der Waals surface area (Å²) in [5.74, 6) is 0.222. The molecule has 0 aromatic heterocycles. The van der Waals surface area contributed by atoms with E-state index < -0.39 is 5.60 Å². The van der Waals surface area contributed by atoms with E-state index >= 15 is 0 Å². The van der Waals surface area contributed by atoms with Crippen LogP contribution in [0, 0.1) is 0 Å². The molecule has 1 heterocycles. The highest BCUT2D eigenvalue weighted by molar-refractivity contribution is 5.31. The van der Waals surface area contributed by atoms with Gasteiger partial charge in [-0.05, 0) is 37.6 Å². The van der Waals surface area contributed by atoms with Crippen molar-refractivity contribution in [3.63, 3.8) is 0 Å². The number of benzene rings is 1. The van der Waals surface area contributed by atoms with Gasteiger partial charge in [0.1, 0.15) is 5.75 Å². The fraction of sp³-hybridized carbons (Fsp3) is 0.500. The molecule has 2 rings (SSSR count). The molecule has 0 amide bonds. The number of nitrogens with zero attached hydrogens (tertiary/aromatic N) is 1. The normalized spacial score (nSPS) is 21.5. The number of phenolic OH excluding ortho intramolecular Hbond substituents is 1. The lowest BCUT2D eigenvalue weighted by Gasteiger charge is -2.36. The summed E-state index contributed by atoms with van der Waals surface area (Å²) in [6.45, 7) is 1.79. The van der Waals surface area contributed by atoms with Gasteiger partial charge in [0.15, 0.2) is 0 Å². The molecule has 82 valence electrons. The Labute approximate surface area is 90.0 Å². The Morgan fingerprint density at radius 1 is 1.27 bits per heavy atom. The monoisotopic (exact) mass is 207 g/mol. The fourth-order valence-electron chi connectivity index (χ4n) is 2.07. The number of aromatic hydroxyl groups is 1. The summed E-state index contributed by atoms with van der Waals surface area (Å²) in [6, 6.07) is 6.94. The van der Waals surface area contributed by atoms with Crippen molar-refractivity contribution in [2.45, 2.75) is 18.4 Å². The Balaban J connectivity index is 2.22. The van der Waals surface area contributed by atoms with Crippen molar-refractivity contribution in [1.82, 2.24) is 4.90 Å². The highest BCUT2D eigenvalue weighted by Gasteiger charge is 2.32. The zero-order chi connectivity index (χ0) is 10.9. The van der Waals surface area contributed by atoms with E-state index in [1.807, 2.05) is 6.07 Å². The van der Waals surface area contributed by atoms with Gasteiger partial charge in [0.05, 0.1) is 5.60 Å². The summed E-state index contributed by atoms with van der Waals surface area (Å²) < 4.78 is 0. The first-order chi connectivity index (χ1) is 7.10. The van der Waals surface area contributed by atoms with E-state index in [0.717, 1.165) is 31.5 Å². The third-order valence-electron chi connectivity index (χ3n) is 3.20. The lowest BCUT2D eigenvalue weighted by atomic mass is 9.84. The molecule has 3 nitrogen and oxygen atoms in total. The first kappa shape index (κ1) is 10.5. The number of rotatable bonds is 1. The average molecular weight is 207 g/mol. The number of piperidine rings is 1. The van der Waals surface area contributed by atoms with Crippen LogP contribution in [0.15, 0.2) is 24.3 Å². The molecule has 0 saturated carbocycles. The molecular formula is C12H17NO2.